The zero-order valence-corrected chi connectivity index (χ0v) is 12.0. The van der Waals surface area contributed by atoms with Crippen molar-refractivity contribution in [3.8, 4) is 0 Å². The third kappa shape index (κ3) is 7.24. The van der Waals surface area contributed by atoms with Crippen LogP contribution in [0.2, 0.25) is 0 Å². The fraction of sp³-hybridized carbons (Fsp3) is 0.333. The highest BCUT2D eigenvalue weighted by Crippen LogP contribution is 2.05. The van der Waals surface area contributed by atoms with Gasteiger partial charge in [0, 0.05) is 32.3 Å². The van der Waals surface area contributed by atoms with Crippen LogP contribution in [0, 0.1) is 0 Å². The van der Waals surface area contributed by atoms with E-state index in [1.807, 2.05) is 29.0 Å². The second kappa shape index (κ2) is 9.68. The van der Waals surface area contributed by atoms with Gasteiger partial charge in [-0.2, -0.15) is 0 Å². The van der Waals surface area contributed by atoms with Gasteiger partial charge in [0.1, 0.15) is 0 Å². The lowest BCUT2D eigenvalue weighted by Crippen LogP contribution is -2.11. The van der Waals surface area contributed by atoms with Gasteiger partial charge in [-0.25, -0.2) is 4.98 Å². The third-order valence-corrected chi connectivity index (χ3v) is 2.66. The molecule has 0 radical (unpaired) electrons. The van der Waals surface area contributed by atoms with Crippen molar-refractivity contribution in [3.63, 3.8) is 0 Å². The molecule has 0 unspecified atom stereocenters. The number of hydrogen-bond acceptors (Lipinski definition) is 4. The largest absolute Gasteiger partial charge is 0.481 e. The van der Waals surface area contributed by atoms with Gasteiger partial charge >= 0.3 is 5.97 Å². The van der Waals surface area contributed by atoms with E-state index in [1.165, 1.54) is 5.56 Å². The summed E-state index contributed by atoms with van der Waals surface area (Å²) in [7, 11) is 0. The van der Waals surface area contributed by atoms with E-state index in [4.69, 9.17) is 16.6 Å². The lowest BCUT2D eigenvalue weighted by atomic mass is 10.2. The first-order valence-electron chi connectivity index (χ1n) is 6.82. The van der Waals surface area contributed by atoms with Crippen LogP contribution in [0.3, 0.4) is 0 Å². The van der Waals surface area contributed by atoms with E-state index in [1.54, 1.807) is 6.33 Å². The molecule has 21 heavy (non-hydrogen) atoms. The second-order valence-electron chi connectivity index (χ2n) is 4.49. The molecule has 6 heteroatoms. The maximum Gasteiger partial charge on any atom is 0.303 e. The van der Waals surface area contributed by atoms with Crippen molar-refractivity contribution in [1.29, 1.82) is 0 Å². The van der Waals surface area contributed by atoms with Gasteiger partial charge in [0.25, 0.3) is 0 Å². The highest BCUT2D eigenvalue weighted by Gasteiger charge is 2.02. The Morgan fingerprint density at radius 3 is 2.43 bits per heavy atom. The van der Waals surface area contributed by atoms with Crippen molar-refractivity contribution in [1.82, 2.24) is 9.55 Å². The molecule has 5 N–H and O–H groups in total. The van der Waals surface area contributed by atoms with Gasteiger partial charge in [-0.15, -0.1) is 0 Å². The number of carboxylic acids is 1. The van der Waals surface area contributed by atoms with E-state index in [0.717, 1.165) is 12.2 Å². The van der Waals surface area contributed by atoms with Crippen LogP contribution in [0.5, 0.6) is 0 Å². The molecule has 0 aliphatic rings. The summed E-state index contributed by atoms with van der Waals surface area (Å²) in [5.41, 5.74) is 11.8. The number of hydrogen-bond donors (Lipinski definition) is 3. The number of carboxylic acid groups (broad SMARTS) is 1. The Morgan fingerprint density at radius 2 is 1.86 bits per heavy atom. The summed E-state index contributed by atoms with van der Waals surface area (Å²) in [5.74, 6) is -0.789. The van der Waals surface area contributed by atoms with Crippen LogP contribution in [-0.2, 0) is 17.8 Å². The lowest BCUT2D eigenvalue weighted by Gasteiger charge is -2.01. The number of nitrogens with zero attached hydrogens (tertiary/aromatic N) is 2. The monoisotopic (exact) mass is 290 g/mol. The van der Waals surface area contributed by atoms with E-state index < -0.39 is 5.97 Å². The Balaban J connectivity index is 0.000000491. The molecule has 114 valence electrons. The predicted molar refractivity (Wildman–Crippen MR) is 81.8 cm³/mol. The molecule has 0 aliphatic carbocycles. The van der Waals surface area contributed by atoms with E-state index in [0.29, 0.717) is 19.5 Å². The van der Waals surface area contributed by atoms with Crippen molar-refractivity contribution in [2.75, 3.05) is 13.1 Å². The van der Waals surface area contributed by atoms with Crippen molar-refractivity contribution in [2.24, 2.45) is 11.5 Å². The van der Waals surface area contributed by atoms with Crippen molar-refractivity contribution >= 4 is 5.97 Å². The standard InChI is InChI=1S/C13H14N2O2.C2H8N2/c16-13(17)7-6-12-9-15(10-14-12)8-11-4-2-1-3-5-11;3-1-2-4/h1-5,9-10H,6-8H2,(H,16,17);1-4H2. The minimum absolute atomic E-state index is 0.127. The lowest BCUT2D eigenvalue weighted by molar-refractivity contribution is -0.136. The normalized spacial score (nSPS) is 9.81. The Hall–Kier alpha value is -2.18. The number of aromatic nitrogens is 2. The van der Waals surface area contributed by atoms with Crippen molar-refractivity contribution < 1.29 is 9.90 Å². The molecule has 0 saturated heterocycles. The van der Waals surface area contributed by atoms with Crippen LogP contribution < -0.4 is 11.5 Å². The van der Waals surface area contributed by atoms with Gasteiger partial charge in [0.2, 0.25) is 0 Å². The van der Waals surface area contributed by atoms with Crippen LogP contribution in [-0.4, -0.2) is 33.7 Å². The number of carbonyl (C=O) groups is 1. The van der Waals surface area contributed by atoms with Gasteiger partial charge in [-0.1, -0.05) is 30.3 Å². The quantitative estimate of drug-likeness (QED) is 0.731. The summed E-state index contributed by atoms with van der Waals surface area (Å²) in [5, 5.41) is 8.58. The molecule has 1 heterocycles. The summed E-state index contributed by atoms with van der Waals surface area (Å²) in [6.07, 6.45) is 4.25. The molecule has 0 saturated carbocycles. The second-order valence-corrected chi connectivity index (χ2v) is 4.49. The molecule has 0 fully saturated rings. The minimum Gasteiger partial charge on any atom is -0.481 e. The average Bonchev–Trinajstić information content (AvgIpc) is 2.94. The first-order chi connectivity index (χ1) is 10.2. The van der Waals surface area contributed by atoms with Crippen LogP contribution in [0.15, 0.2) is 42.9 Å². The summed E-state index contributed by atoms with van der Waals surface area (Å²) in [4.78, 5) is 14.6. The molecule has 0 bridgehead atoms. The topological polar surface area (TPSA) is 107 Å². The summed E-state index contributed by atoms with van der Waals surface area (Å²) >= 11 is 0. The molecule has 2 aromatic rings. The highest BCUT2D eigenvalue weighted by atomic mass is 16.4. The molecular weight excluding hydrogens is 268 g/mol. The van der Waals surface area contributed by atoms with E-state index >= 15 is 0 Å². The highest BCUT2D eigenvalue weighted by molar-refractivity contribution is 5.66. The van der Waals surface area contributed by atoms with Gasteiger partial charge in [-0.3, -0.25) is 4.79 Å². The molecular formula is C15H22N4O2. The minimum atomic E-state index is -0.789. The van der Waals surface area contributed by atoms with Gasteiger partial charge in [-0.05, 0) is 5.56 Å². The zero-order valence-electron chi connectivity index (χ0n) is 12.0. The SMILES string of the molecule is NCCN.O=C(O)CCc1cn(Cc2ccccc2)cn1. The number of aryl methyl sites for hydroxylation is 1. The third-order valence-electron chi connectivity index (χ3n) is 2.66. The van der Waals surface area contributed by atoms with Crippen LogP contribution >= 0.6 is 0 Å². The number of aliphatic carboxylic acids is 1. The number of rotatable bonds is 6. The van der Waals surface area contributed by atoms with Crippen LogP contribution in [0.1, 0.15) is 17.7 Å². The number of nitrogens with two attached hydrogens (primary N) is 2. The summed E-state index contributed by atoms with van der Waals surface area (Å²) < 4.78 is 1.96. The average molecular weight is 290 g/mol. The van der Waals surface area contributed by atoms with Crippen molar-refractivity contribution in [2.45, 2.75) is 19.4 Å². The summed E-state index contributed by atoms with van der Waals surface area (Å²) in [6.45, 7) is 1.96. The van der Waals surface area contributed by atoms with Crippen molar-refractivity contribution in [3.05, 3.63) is 54.1 Å². The van der Waals surface area contributed by atoms with E-state index in [2.05, 4.69) is 17.1 Å². The molecule has 0 atom stereocenters. The smallest absolute Gasteiger partial charge is 0.303 e. The molecule has 6 nitrogen and oxygen atoms in total. The predicted octanol–water partition coefficient (Wildman–Crippen LogP) is 0.852. The molecule has 0 aliphatic heterocycles. The fourth-order valence-electron chi connectivity index (χ4n) is 1.65. The van der Waals surface area contributed by atoms with Crippen LogP contribution in [0.4, 0.5) is 0 Å². The number of benzene rings is 1. The maximum atomic E-state index is 10.4. The number of imidazole rings is 1. The van der Waals surface area contributed by atoms with E-state index in [9.17, 15) is 4.79 Å². The maximum absolute atomic E-state index is 10.4. The Labute approximate surface area is 124 Å². The molecule has 1 aromatic heterocycles. The van der Waals surface area contributed by atoms with Crippen LogP contribution in [0.25, 0.3) is 0 Å². The molecule has 2 rings (SSSR count). The molecule has 0 spiro atoms. The Morgan fingerprint density at radius 1 is 1.19 bits per heavy atom. The fourth-order valence-corrected chi connectivity index (χ4v) is 1.65. The van der Waals surface area contributed by atoms with Gasteiger partial charge in [0.05, 0.1) is 18.4 Å². The Kier molecular flexibility index (Phi) is 7.78. The van der Waals surface area contributed by atoms with E-state index in [-0.39, 0.29) is 6.42 Å². The first kappa shape index (κ1) is 16.9. The van der Waals surface area contributed by atoms with Gasteiger partial charge in [0.15, 0.2) is 0 Å². The first-order valence-corrected chi connectivity index (χ1v) is 6.82. The zero-order chi connectivity index (χ0) is 15.5. The van der Waals surface area contributed by atoms with Gasteiger partial charge < -0.3 is 21.1 Å². The summed E-state index contributed by atoms with van der Waals surface area (Å²) in [6, 6.07) is 10.1. The Bertz CT molecular complexity index is 523. The molecule has 1 aromatic carbocycles. The molecule has 0 amide bonds.